The number of ether oxygens (including phenoxy) is 3. The number of hydrogen-bond acceptors (Lipinski definition) is 10. The zero-order valence-corrected chi connectivity index (χ0v) is 54.4. The van der Waals surface area contributed by atoms with Crippen LogP contribution >= 0.6 is 0 Å². The summed E-state index contributed by atoms with van der Waals surface area (Å²) in [7, 11) is 0. The molecule has 86 heavy (non-hydrogen) atoms. The van der Waals surface area contributed by atoms with E-state index in [0.717, 1.165) is 109 Å². The first-order chi connectivity index (χ1) is 42.2. The first-order valence-corrected chi connectivity index (χ1v) is 34.5. The fourth-order valence-electron chi connectivity index (χ4n) is 9.89. The van der Waals surface area contributed by atoms with E-state index in [1.807, 2.05) is 18.2 Å². The number of carbonyl (C=O) groups excluding carboxylic acids is 2. The van der Waals surface area contributed by atoms with E-state index in [9.17, 15) is 35.1 Å². The number of carbonyl (C=O) groups is 2. The molecule has 0 aliphatic carbocycles. The number of allylic oxidation sites excluding steroid dienone is 20. The van der Waals surface area contributed by atoms with Gasteiger partial charge in [-0.15, -0.1) is 0 Å². The highest BCUT2D eigenvalue weighted by atomic mass is 16.7. The van der Waals surface area contributed by atoms with E-state index >= 15 is 0 Å². The third kappa shape index (κ3) is 47.8. The minimum Gasteiger partial charge on any atom is -0.454 e. The maximum absolute atomic E-state index is 13.4. The van der Waals surface area contributed by atoms with Crippen LogP contribution in [-0.4, -0.2) is 99.6 Å². The summed E-state index contributed by atoms with van der Waals surface area (Å²) in [5, 5.41) is 57.0. The summed E-state index contributed by atoms with van der Waals surface area (Å²) in [6, 6.07) is -1.07. The monoisotopic (exact) mass is 1200 g/mol. The number of hydrogen-bond donors (Lipinski definition) is 6. The molecule has 0 aromatic carbocycles. The zero-order chi connectivity index (χ0) is 62.4. The number of rotatable bonds is 57. The molecule has 11 nitrogen and oxygen atoms in total. The third-order valence-corrected chi connectivity index (χ3v) is 15.3. The predicted octanol–water partition coefficient (Wildman–Crippen LogP) is 17.6. The van der Waals surface area contributed by atoms with Gasteiger partial charge in [0.1, 0.15) is 24.4 Å². The van der Waals surface area contributed by atoms with Crippen molar-refractivity contribution in [3.63, 3.8) is 0 Å². The highest BCUT2D eigenvalue weighted by Crippen LogP contribution is 2.26. The van der Waals surface area contributed by atoms with Crippen molar-refractivity contribution in [1.82, 2.24) is 5.32 Å². The Bertz CT molecular complexity index is 1910. The zero-order valence-electron chi connectivity index (χ0n) is 54.4. The van der Waals surface area contributed by atoms with Gasteiger partial charge >= 0.3 is 5.97 Å². The molecule has 8 unspecified atom stereocenters. The SMILES string of the molecule is CC/C=C\C/C=C\C/C=C\C/C=C\C/C=C\C/C=C\CC(O)C(=O)NC(COC1OC(CO)C(O)C(O)C1OC(=O)CCCCCCCCCCCCC/C=C\C/C=C\C/C=C\C/C=C\CCCCC)C(O)/C=C/CCCCCCCCCCCC. The molecule has 8 atom stereocenters. The van der Waals surface area contributed by atoms with Gasteiger partial charge in [-0.05, 0) is 103 Å². The molecular formula is C75H125NO10. The summed E-state index contributed by atoms with van der Waals surface area (Å²) in [4.78, 5) is 26.6. The van der Waals surface area contributed by atoms with Crippen LogP contribution < -0.4 is 5.32 Å². The highest BCUT2D eigenvalue weighted by molar-refractivity contribution is 5.81. The van der Waals surface area contributed by atoms with Gasteiger partial charge < -0.3 is 45.1 Å². The van der Waals surface area contributed by atoms with Crippen LogP contribution in [0.4, 0.5) is 0 Å². The molecule has 1 saturated heterocycles. The van der Waals surface area contributed by atoms with Crippen molar-refractivity contribution in [3.8, 4) is 0 Å². The number of unbranched alkanes of at least 4 members (excludes halogenated alkanes) is 24. The molecule has 1 aliphatic rings. The van der Waals surface area contributed by atoms with Gasteiger partial charge in [-0.2, -0.15) is 0 Å². The number of aliphatic hydroxyl groups excluding tert-OH is 5. The highest BCUT2D eigenvalue weighted by Gasteiger charge is 2.47. The summed E-state index contributed by atoms with van der Waals surface area (Å²) in [5.41, 5.74) is 0. The van der Waals surface area contributed by atoms with E-state index in [0.29, 0.717) is 12.8 Å². The lowest BCUT2D eigenvalue weighted by atomic mass is 9.99. The average Bonchev–Trinajstić information content (AvgIpc) is 3.59. The van der Waals surface area contributed by atoms with Gasteiger partial charge in [-0.3, -0.25) is 9.59 Å². The van der Waals surface area contributed by atoms with Crippen molar-refractivity contribution in [2.24, 2.45) is 0 Å². The summed E-state index contributed by atoms with van der Waals surface area (Å²) in [5.74, 6) is -1.29. The summed E-state index contributed by atoms with van der Waals surface area (Å²) >= 11 is 0. The van der Waals surface area contributed by atoms with E-state index < -0.39 is 67.4 Å². The minimum atomic E-state index is -1.64. The number of amides is 1. The fourth-order valence-corrected chi connectivity index (χ4v) is 9.89. The van der Waals surface area contributed by atoms with Crippen LogP contribution in [0, 0.1) is 0 Å². The second-order valence-corrected chi connectivity index (χ2v) is 23.2. The van der Waals surface area contributed by atoms with Crippen molar-refractivity contribution < 1.29 is 49.3 Å². The minimum absolute atomic E-state index is 0.0514. The molecule has 11 heteroatoms. The first kappa shape index (κ1) is 79.8. The van der Waals surface area contributed by atoms with Crippen LogP contribution in [0.3, 0.4) is 0 Å². The van der Waals surface area contributed by atoms with Crippen LogP contribution in [0.2, 0.25) is 0 Å². The van der Waals surface area contributed by atoms with Gasteiger partial charge in [-0.25, -0.2) is 0 Å². The van der Waals surface area contributed by atoms with Crippen LogP contribution in [-0.2, 0) is 23.8 Å². The summed E-state index contributed by atoms with van der Waals surface area (Å²) in [6.07, 6.45) is 76.5. The van der Waals surface area contributed by atoms with Crippen molar-refractivity contribution in [2.75, 3.05) is 13.2 Å². The Balaban J connectivity index is 2.62. The van der Waals surface area contributed by atoms with Crippen LogP contribution in [0.15, 0.2) is 134 Å². The molecule has 1 rings (SSSR count). The van der Waals surface area contributed by atoms with Gasteiger partial charge in [0, 0.05) is 12.8 Å². The Morgan fingerprint density at radius 2 is 0.837 bits per heavy atom. The molecular weight excluding hydrogens is 1070 g/mol. The third-order valence-electron chi connectivity index (χ3n) is 15.3. The topological polar surface area (TPSA) is 175 Å². The van der Waals surface area contributed by atoms with Crippen molar-refractivity contribution in [3.05, 3.63) is 134 Å². The Kier molecular flexibility index (Phi) is 56.7. The van der Waals surface area contributed by atoms with Gasteiger partial charge in [0.2, 0.25) is 5.91 Å². The van der Waals surface area contributed by atoms with Gasteiger partial charge in [0.05, 0.1) is 25.4 Å². The maximum Gasteiger partial charge on any atom is 0.306 e. The first-order valence-electron chi connectivity index (χ1n) is 34.5. The largest absolute Gasteiger partial charge is 0.454 e. The molecule has 490 valence electrons. The Morgan fingerprint density at radius 1 is 0.465 bits per heavy atom. The lowest BCUT2D eigenvalue weighted by molar-refractivity contribution is -0.305. The lowest BCUT2D eigenvalue weighted by Gasteiger charge is -2.41. The van der Waals surface area contributed by atoms with Gasteiger partial charge in [0.15, 0.2) is 12.4 Å². The number of esters is 1. The van der Waals surface area contributed by atoms with Crippen molar-refractivity contribution in [2.45, 2.75) is 314 Å². The molecule has 1 heterocycles. The lowest BCUT2D eigenvalue weighted by Crippen LogP contribution is -2.61. The molecule has 0 aromatic rings. The molecule has 1 fully saturated rings. The molecule has 0 saturated carbocycles. The average molecular weight is 1200 g/mol. The molecule has 6 N–H and O–H groups in total. The van der Waals surface area contributed by atoms with E-state index in [2.05, 4.69) is 129 Å². The van der Waals surface area contributed by atoms with Crippen molar-refractivity contribution >= 4 is 11.9 Å². The smallest absolute Gasteiger partial charge is 0.306 e. The Labute approximate surface area is 524 Å². The number of aliphatic hydroxyl groups is 5. The molecule has 0 bridgehead atoms. The number of nitrogens with one attached hydrogen (secondary N) is 1. The van der Waals surface area contributed by atoms with E-state index in [4.69, 9.17) is 14.2 Å². The second-order valence-electron chi connectivity index (χ2n) is 23.2. The quantitative estimate of drug-likeness (QED) is 0.0195. The van der Waals surface area contributed by atoms with Crippen molar-refractivity contribution in [1.29, 1.82) is 0 Å². The van der Waals surface area contributed by atoms with E-state index in [1.165, 1.54) is 109 Å². The summed E-state index contributed by atoms with van der Waals surface area (Å²) in [6.45, 7) is 5.60. The second kappa shape index (κ2) is 61.1. The fraction of sp³-hybridized carbons (Fsp3) is 0.680. The predicted molar refractivity (Wildman–Crippen MR) is 361 cm³/mol. The molecule has 0 radical (unpaired) electrons. The normalized spacial score (nSPS) is 19.2. The summed E-state index contributed by atoms with van der Waals surface area (Å²) < 4.78 is 17.6. The van der Waals surface area contributed by atoms with Gasteiger partial charge in [0.25, 0.3) is 0 Å². The van der Waals surface area contributed by atoms with Crippen LogP contribution in [0.1, 0.15) is 265 Å². The molecule has 0 spiro atoms. The standard InChI is InChI=1S/C75H125NO10/c1-4-7-10-13-16-19-22-25-27-29-31-32-33-34-35-36-37-38-39-41-43-45-48-51-54-57-60-63-70(80)86-73-72(82)71(81)69(64-77)85-75(73)84-65-66(67(78)61-58-55-52-49-46-24-21-18-15-12-9-6-3)76-74(83)68(79)62-59-56-53-50-47-44-42-40-30-28-26-23-20-17-14-11-8-5-2/h8,11,16-17,19-20,25-28,31-32,34-35,40,42,47,50,56,58-59,61,66-69,71-73,75,77-79,81-82H,4-7,9-10,12-15,18,21-24,29-30,33,36-39,41,43-46,48-49,51-55,57,60,62-65H2,1-3H3,(H,76,83)/b11-8-,19-16-,20-17-,27-25-,28-26-,32-31-,35-34-,42-40-,50-47-,59-56-,61-58+. The van der Waals surface area contributed by atoms with Gasteiger partial charge in [-0.1, -0.05) is 283 Å². The molecule has 0 aromatic heterocycles. The maximum atomic E-state index is 13.4. The van der Waals surface area contributed by atoms with E-state index in [1.54, 1.807) is 12.2 Å². The Hall–Kier alpha value is -4.20. The molecule has 1 amide bonds. The molecule has 1 aliphatic heterocycles. The van der Waals surface area contributed by atoms with E-state index in [-0.39, 0.29) is 19.4 Å². The van der Waals surface area contributed by atoms with Crippen LogP contribution in [0.5, 0.6) is 0 Å². The Morgan fingerprint density at radius 3 is 1.28 bits per heavy atom. The van der Waals surface area contributed by atoms with Crippen LogP contribution in [0.25, 0.3) is 0 Å².